The molecular weight excluding hydrogens is 272 g/mol. The second kappa shape index (κ2) is 7.56. The Hall–Kier alpha value is -1.65. The summed E-state index contributed by atoms with van der Waals surface area (Å²) >= 11 is 0. The number of para-hydroxylation sites is 1. The van der Waals surface area contributed by atoms with Crippen LogP contribution in [0.15, 0.2) is 36.5 Å². The highest BCUT2D eigenvalue weighted by Gasteiger charge is 2.11. The Morgan fingerprint density at radius 1 is 1.14 bits per heavy atom. The molecule has 22 heavy (non-hydrogen) atoms. The monoisotopic (exact) mass is 298 g/mol. The van der Waals surface area contributed by atoms with E-state index in [0.717, 1.165) is 18.9 Å². The molecule has 1 fully saturated rings. The third-order valence-corrected chi connectivity index (χ3v) is 4.36. The van der Waals surface area contributed by atoms with Crippen LogP contribution in [-0.4, -0.2) is 40.6 Å². The lowest BCUT2D eigenvalue weighted by molar-refractivity contribution is 0.331. The third kappa shape index (κ3) is 3.76. The first-order valence-corrected chi connectivity index (χ1v) is 8.36. The lowest BCUT2D eigenvalue weighted by Crippen LogP contribution is -2.25. The molecule has 2 heterocycles. The first kappa shape index (κ1) is 15.3. The first-order chi connectivity index (χ1) is 10.8. The number of hydrogen-bond acceptors (Lipinski definition) is 3. The standard InChI is InChI=1S/C18H26N4/c1-16-20-15-18(22(16)17-8-3-2-4-9-17)14-19-10-7-13-21-11-5-6-12-21/h2-4,8-9,15,19H,5-7,10-14H2,1H3. The van der Waals surface area contributed by atoms with Crippen molar-refractivity contribution in [1.29, 1.82) is 0 Å². The van der Waals surface area contributed by atoms with Gasteiger partial charge in [-0.15, -0.1) is 0 Å². The molecule has 0 radical (unpaired) electrons. The molecule has 4 nitrogen and oxygen atoms in total. The van der Waals surface area contributed by atoms with Crippen molar-refractivity contribution in [3.63, 3.8) is 0 Å². The molecule has 2 aromatic rings. The summed E-state index contributed by atoms with van der Waals surface area (Å²) in [5.41, 5.74) is 2.41. The number of likely N-dealkylation sites (tertiary alicyclic amines) is 1. The molecule has 0 atom stereocenters. The maximum atomic E-state index is 4.47. The molecule has 3 rings (SSSR count). The van der Waals surface area contributed by atoms with Crippen LogP contribution >= 0.6 is 0 Å². The van der Waals surface area contributed by atoms with Gasteiger partial charge in [0.25, 0.3) is 0 Å². The lowest BCUT2D eigenvalue weighted by atomic mass is 10.3. The molecular formula is C18H26N4. The van der Waals surface area contributed by atoms with Gasteiger partial charge < -0.3 is 10.2 Å². The number of nitrogens with zero attached hydrogens (tertiary/aromatic N) is 3. The molecule has 1 aliphatic rings. The average molecular weight is 298 g/mol. The van der Waals surface area contributed by atoms with E-state index in [-0.39, 0.29) is 0 Å². The van der Waals surface area contributed by atoms with Crippen LogP contribution < -0.4 is 5.32 Å². The Bertz CT molecular complexity index is 570. The molecule has 1 aliphatic heterocycles. The molecule has 0 unspecified atom stereocenters. The summed E-state index contributed by atoms with van der Waals surface area (Å²) in [4.78, 5) is 7.04. The number of imidazole rings is 1. The number of benzene rings is 1. The Morgan fingerprint density at radius 3 is 2.68 bits per heavy atom. The molecule has 1 aromatic heterocycles. The van der Waals surface area contributed by atoms with Gasteiger partial charge in [-0.3, -0.25) is 4.57 Å². The van der Waals surface area contributed by atoms with Crippen molar-refractivity contribution < 1.29 is 0 Å². The van der Waals surface area contributed by atoms with Gasteiger partial charge >= 0.3 is 0 Å². The van der Waals surface area contributed by atoms with Gasteiger partial charge in [0.05, 0.1) is 11.9 Å². The molecule has 1 aromatic carbocycles. The van der Waals surface area contributed by atoms with E-state index in [1.165, 1.54) is 50.3 Å². The van der Waals surface area contributed by atoms with Crippen molar-refractivity contribution >= 4 is 0 Å². The van der Waals surface area contributed by atoms with Gasteiger partial charge in [-0.2, -0.15) is 0 Å². The van der Waals surface area contributed by atoms with Crippen molar-refractivity contribution in [2.75, 3.05) is 26.2 Å². The van der Waals surface area contributed by atoms with Gasteiger partial charge in [-0.05, 0) is 64.5 Å². The van der Waals surface area contributed by atoms with E-state index in [9.17, 15) is 0 Å². The van der Waals surface area contributed by atoms with Crippen molar-refractivity contribution in [1.82, 2.24) is 19.8 Å². The lowest BCUT2D eigenvalue weighted by Gasteiger charge is -2.15. The van der Waals surface area contributed by atoms with Crippen molar-refractivity contribution in [2.45, 2.75) is 32.7 Å². The Morgan fingerprint density at radius 2 is 1.91 bits per heavy atom. The fraction of sp³-hybridized carbons (Fsp3) is 0.500. The zero-order chi connectivity index (χ0) is 15.2. The first-order valence-electron chi connectivity index (χ1n) is 8.36. The summed E-state index contributed by atoms with van der Waals surface area (Å²) in [6, 6.07) is 10.5. The van der Waals surface area contributed by atoms with Crippen LogP contribution in [0, 0.1) is 6.92 Å². The fourth-order valence-corrected chi connectivity index (χ4v) is 3.20. The minimum Gasteiger partial charge on any atom is -0.311 e. The Balaban J connectivity index is 1.50. The van der Waals surface area contributed by atoms with Gasteiger partial charge in [0.1, 0.15) is 5.82 Å². The summed E-state index contributed by atoms with van der Waals surface area (Å²) < 4.78 is 2.23. The minimum atomic E-state index is 0.871. The molecule has 0 spiro atoms. The number of aromatic nitrogens is 2. The molecule has 0 amide bonds. The highest BCUT2D eigenvalue weighted by Crippen LogP contribution is 2.14. The van der Waals surface area contributed by atoms with E-state index < -0.39 is 0 Å². The second-order valence-corrected chi connectivity index (χ2v) is 6.05. The van der Waals surface area contributed by atoms with Gasteiger partial charge in [-0.25, -0.2) is 4.98 Å². The van der Waals surface area contributed by atoms with Crippen LogP contribution in [0.5, 0.6) is 0 Å². The summed E-state index contributed by atoms with van der Waals surface area (Å²) in [7, 11) is 0. The van der Waals surface area contributed by atoms with Crippen molar-refractivity contribution in [3.05, 3.63) is 48.0 Å². The molecule has 0 saturated carbocycles. The predicted octanol–water partition coefficient (Wildman–Crippen LogP) is 2.76. The quantitative estimate of drug-likeness (QED) is 0.798. The Kier molecular flexibility index (Phi) is 5.24. The van der Waals surface area contributed by atoms with Crippen LogP contribution in [0.2, 0.25) is 0 Å². The minimum absolute atomic E-state index is 0.871. The number of hydrogen-bond donors (Lipinski definition) is 1. The second-order valence-electron chi connectivity index (χ2n) is 6.05. The number of nitrogens with one attached hydrogen (secondary N) is 1. The maximum absolute atomic E-state index is 4.47. The van der Waals surface area contributed by atoms with Crippen molar-refractivity contribution in [3.8, 4) is 5.69 Å². The molecule has 1 N–H and O–H groups in total. The molecule has 4 heteroatoms. The third-order valence-electron chi connectivity index (χ3n) is 4.36. The van der Waals surface area contributed by atoms with Crippen LogP contribution in [0.1, 0.15) is 30.8 Å². The van der Waals surface area contributed by atoms with Crippen LogP contribution in [-0.2, 0) is 6.54 Å². The maximum Gasteiger partial charge on any atom is 0.110 e. The zero-order valence-corrected chi connectivity index (χ0v) is 13.5. The normalized spacial score (nSPS) is 15.5. The largest absolute Gasteiger partial charge is 0.311 e. The molecule has 0 bridgehead atoms. The van der Waals surface area contributed by atoms with Crippen molar-refractivity contribution in [2.24, 2.45) is 0 Å². The van der Waals surface area contributed by atoms with Crippen LogP contribution in [0.3, 0.4) is 0 Å². The fourth-order valence-electron chi connectivity index (χ4n) is 3.20. The van der Waals surface area contributed by atoms with Gasteiger partial charge in [0, 0.05) is 12.2 Å². The van der Waals surface area contributed by atoms with E-state index in [4.69, 9.17) is 0 Å². The smallest absolute Gasteiger partial charge is 0.110 e. The van der Waals surface area contributed by atoms with Gasteiger partial charge in [0.2, 0.25) is 0 Å². The van der Waals surface area contributed by atoms with Gasteiger partial charge in [0.15, 0.2) is 0 Å². The van der Waals surface area contributed by atoms with E-state index in [2.05, 4.69) is 51.0 Å². The summed E-state index contributed by atoms with van der Waals surface area (Å²) in [6.45, 7) is 7.80. The molecule has 118 valence electrons. The van der Waals surface area contributed by atoms with E-state index in [1.807, 2.05) is 12.3 Å². The topological polar surface area (TPSA) is 33.1 Å². The molecule has 1 saturated heterocycles. The molecule has 0 aliphatic carbocycles. The average Bonchev–Trinajstić information content (AvgIpc) is 3.18. The van der Waals surface area contributed by atoms with Crippen LogP contribution in [0.4, 0.5) is 0 Å². The number of rotatable bonds is 7. The van der Waals surface area contributed by atoms with E-state index in [1.54, 1.807) is 0 Å². The van der Waals surface area contributed by atoms with Crippen LogP contribution in [0.25, 0.3) is 5.69 Å². The SMILES string of the molecule is Cc1ncc(CNCCCN2CCCC2)n1-c1ccccc1. The van der Waals surface area contributed by atoms with Gasteiger partial charge in [-0.1, -0.05) is 18.2 Å². The highest BCUT2D eigenvalue weighted by molar-refractivity contribution is 5.35. The van der Waals surface area contributed by atoms with E-state index in [0.29, 0.717) is 0 Å². The summed E-state index contributed by atoms with van der Waals surface area (Å²) in [5.74, 6) is 1.04. The summed E-state index contributed by atoms with van der Waals surface area (Å²) in [6.07, 6.45) is 5.96. The number of aryl methyl sites for hydroxylation is 1. The summed E-state index contributed by atoms with van der Waals surface area (Å²) in [5, 5.41) is 3.56. The van der Waals surface area contributed by atoms with E-state index >= 15 is 0 Å². The zero-order valence-electron chi connectivity index (χ0n) is 13.5. The highest BCUT2D eigenvalue weighted by atomic mass is 15.1. The predicted molar refractivity (Wildman–Crippen MR) is 90.3 cm³/mol. The Labute approximate surface area is 133 Å².